The van der Waals surface area contributed by atoms with Gasteiger partial charge in [-0.2, -0.15) is 0 Å². The van der Waals surface area contributed by atoms with Crippen LogP contribution in [0.15, 0.2) is 54.7 Å². The summed E-state index contributed by atoms with van der Waals surface area (Å²) in [7, 11) is 6.44. The summed E-state index contributed by atoms with van der Waals surface area (Å²) in [5.74, 6) is 2.70. The third-order valence-corrected chi connectivity index (χ3v) is 6.11. The summed E-state index contributed by atoms with van der Waals surface area (Å²) in [6, 6.07) is 14.0. The Hall–Kier alpha value is -4.44. The van der Waals surface area contributed by atoms with Crippen LogP contribution in [0.3, 0.4) is 0 Å². The number of anilines is 2. The molecule has 2 amide bonds. The summed E-state index contributed by atoms with van der Waals surface area (Å²) >= 11 is 6.47. The van der Waals surface area contributed by atoms with Gasteiger partial charge in [-0.05, 0) is 30.3 Å². The molecule has 4 rings (SSSR count). The van der Waals surface area contributed by atoms with E-state index in [0.29, 0.717) is 52.8 Å². The van der Waals surface area contributed by atoms with Crippen molar-refractivity contribution in [3.8, 4) is 23.0 Å². The predicted molar refractivity (Wildman–Crippen MR) is 147 cm³/mol. The van der Waals surface area contributed by atoms with Gasteiger partial charge < -0.3 is 34.9 Å². The van der Waals surface area contributed by atoms with Crippen LogP contribution in [-0.4, -0.2) is 44.4 Å². The molecule has 0 fully saturated rings. The second kappa shape index (κ2) is 11.7. The van der Waals surface area contributed by atoms with Crippen molar-refractivity contribution in [1.82, 2.24) is 9.97 Å². The summed E-state index contributed by atoms with van der Waals surface area (Å²) in [4.78, 5) is 22.4. The number of carbonyl (C=O) groups excluding carboxylic acids is 1. The maximum absolute atomic E-state index is 11.4. The van der Waals surface area contributed by atoms with Gasteiger partial charge >= 0.3 is 6.03 Å². The van der Waals surface area contributed by atoms with Gasteiger partial charge in [0.2, 0.25) is 0 Å². The fraction of sp³-hybridized carbons (Fsp3) is 0.222. The highest BCUT2D eigenvalue weighted by Gasteiger charge is 2.20. The van der Waals surface area contributed by atoms with Crippen LogP contribution in [0.1, 0.15) is 11.1 Å². The number of hydrogen-bond acceptors (Lipinski definition) is 8. The Kier molecular flexibility index (Phi) is 8.22. The van der Waals surface area contributed by atoms with Crippen LogP contribution >= 0.6 is 11.6 Å². The smallest absolute Gasteiger partial charge is 0.316 e. The van der Waals surface area contributed by atoms with Gasteiger partial charge in [0, 0.05) is 42.4 Å². The molecule has 10 nitrogen and oxygen atoms in total. The Labute approximate surface area is 225 Å². The molecule has 38 heavy (non-hydrogen) atoms. The minimum absolute atomic E-state index is 0.263. The number of amides is 2. The van der Waals surface area contributed by atoms with E-state index in [9.17, 15) is 4.79 Å². The molecule has 0 aliphatic rings. The summed E-state index contributed by atoms with van der Waals surface area (Å²) in [5, 5.41) is 2.78. The molecule has 0 aliphatic heterocycles. The van der Waals surface area contributed by atoms with E-state index >= 15 is 0 Å². The number of nitrogens with two attached hydrogens (primary N) is 1. The van der Waals surface area contributed by atoms with Crippen LogP contribution in [0, 0.1) is 0 Å². The number of rotatable bonds is 10. The van der Waals surface area contributed by atoms with Gasteiger partial charge in [0.1, 0.15) is 33.7 Å². The quantitative estimate of drug-likeness (QED) is 0.271. The van der Waals surface area contributed by atoms with E-state index in [2.05, 4.69) is 20.2 Å². The topological polar surface area (TPSA) is 121 Å². The number of carbonyl (C=O) groups is 1. The lowest BCUT2D eigenvalue weighted by Gasteiger charge is -2.28. The highest BCUT2D eigenvalue weighted by molar-refractivity contribution is 6.30. The van der Waals surface area contributed by atoms with E-state index in [4.69, 9.17) is 36.3 Å². The first-order chi connectivity index (χ1) is 18.3. The van der Waals surface area contributed by atoms with Crippen molar-refractivity contribution in [2.75, 3.05) is 38.7 Å². The molecular weight excluding hydrogens is 510 g/mol. The fourth-order valence-corrected chi connectivity index (χ4v) is 4.31. The van der Waals surface area contributed by atoms with Crippen LogP contribution in [-0.2, 0) is 13.1 Å². The Balaban J connectivity index is 1.85. The zero-order chi connectivity index (χ0) is 27.2. The molecule has 0 unspecified atom stereocenters. The monoisotopic (exact) mass is 537 g/mol. The molecule has 198 valence electrons. The summed E-state index contributed by atoms with van der Waals surface area (Å²) in [6.45, 7) is 0.863. The molecule has 2 aromatic heterocycles. The number of urea groups is 1. The summed E-state index contributed by atoms with van der Waals surface area (Å²) in [6.07, 6.45) is 1.52. The maximum Gasteiger partial charge on any atom is 0.316 e. The molecule has 2 heterocycles. The SMILES string of the molecule is COc1ccc(CN(Cc2ccc(OC)cc2OC)c2cc(Cl)nc3cc(NC(N)=O)cnc23)c(OC)c1. The standard InChI is InChI=1S/C27H28ClN5O5/c1-35-19-7-5-16(23(10-19)37-3)14-33(15-17-6-8-20(36-2)11-24(17)38-4)22-12-25(28)32-21-9-18(31-27(29)34)13-30-26(21)22/h5-13H,14-15H2,1-4H3,(H3,29,31,34). The number of nitrogens with one attached hydrogen (secondary N) is 1. The number of pyridine rings is 2. The molecule has 3 N–H and O–H groups in total. The number of primary amides is 1. The van der Waals surface area contributed by atoms with Gasteiger partial charge in [-0.15, -0.1) is 0 Å². The number of methoxy groups -OCH3 is 4. The number of halogens is 1. The molecule has 0 saturated carbocycles. The zero-order valence-electron chi connectivity index (χ0n) is 21.4. The van der Waals surface area contributed by atoms with Gasteiger partial charge in [0.25, 0.3) is 0 Å². The number of hydrogen-bond donors (Lipinski definition) is 2. The van der Waals surface area contributed by atoms with E-state index < -0.39 is 6.03 Å². The van der Waals surface area contributed by atoms with Crippen molar-refractivity contribution >= 4 is 40.0 Å². The highest BCUT2D eigenvalue weighted by atomic mass is 35.5. The fourth-order valence-electron chi connectivity index (χ4n) is 4.12. The Morgan fingerprint density at radius 1 is 0.895 bits per heavy atom. The molecule has 0 radical (unpaired) electrons. The number of ether oxygens (including phenoxy) is 4. The van der Waals surface area contributed by atoms with Gasteiger partial charge in [-0.1, -0.05) is 11.6 Å². The lowest BCUT2D eigenvalue weighted by molar-refractivity contribution is 0.259. The minimum Gasteiger partial charge on any atom is -0.497 e. The van der Waals surface area contributed by atoms with Crippen LogP contribution in [0.5, 0.6) is 23.0 Å². The van der Waals surface area contributed by atoms with Crippen LogP contribution in [0.2, 0.25) is 5.15 Å². The molecule has 0 aliphatic carbocycles. The minimum atomic E-state index is -0.701. The zero-order valence-corrected chi connectivity index (χ0v) is 22.2. The third-order valence-electron chi connectivity index (χ3n) is 5.91. The summed E-state index contributed by atoms with van der Waals surface area (Å²) < 4.78 is 22.0. The Bertz CT molecular complexity index is 1410. The molecule has 0 spiro atoms. The number of nitrogens with zero attached hydrogens (tertiary/aromatic N) is 3. The van der Waals surface area contributed by atoms with Crippen LogP contribution < -0.4 is 34.9 Å². The summed E-state index contributed by atoms with van der Waals surface area (Å²) in [5.41, 5.74) is 9.30. The van der Waals surface area contributed by atoms with E-state index in [1.54, 1.807) is 40.6 Å². The maximum atomic E-state index is 11.4. The Morgan fingerprint density at radius 2 is 1.47 bits per heavy atom. The molecular formula is C27H28ClN5O5. The van der Waals surface area contributed by atoms with E-state index in [1.165, 1.54) is 6.20 Å². The lowest BCUT2D eigenvalue weighted by atomic mass is 10.1. The average Bonchev–Trinajstić information content (AvgIpc) is 2.91. The van der Waals surface area contributed by atoms with Gasteiger partial charge in [-0.25, -0.2) is 9.78 Å². The molecule has 11 heteroatoms. The first-order valence-electron chi connectivity index (χ1n) is 11.5. The van der Waals surface area contributed by atoms with Gasteiger partial charge in [0.05, 0.1) is 51.5 Å². The average molecular weight is 538 g/mol. The Morgan fingerprint density at radius 3 is 1.97 bits per heavy atom. The first-order valence-corrected chi connectivity index (χ1v) is 11.9. The normalized spacial score (nSPS) is 10.7. The van der Waals surface area contributed by atoms with Crippen molar-refractivity contribution in [2.24, 2.45) is 5.73 Å². The number of fused-ring (bicyclic) bond motifs is 1. The van der Waals surface area contributed by atoms with Gasteiger partial charge in [0.15, 0.2) is 0 Å². The second-order valence-electron chi connectivity index (χ2n) is 8.26. The molecule has 4 aromatic rings. The third kappa shape index (κ3) is 5.92. The van der Waals surface area contributed by atoms with E-state index in [-0.39, 0.29) is 5.15 Å². The number of aromatic nitrogens is 2. The molecule has 2 aromatic carbocycles. The van der Waals surface area contributed by atoms with Crippen molar-refractivity contribution in [3.63, 3.8) is 0 Å². The van der Waals surface area contributed by atoms with Crippen molar-refractivity contribution < 1.29 is 23.7 Å². The van der Waals surface area contributed by atoms with E-state index in [0.717, 1.165) is 16.8 Å². The molecule has 0 bridgehead atoms. The van der Waals surface area contributed by atoms with Crippen molar-refractivity contribution in [1.29, 1.82) is 0 Å². The first kappa shape index (κ1) is 26.6. The van der Waals surface area contributed by atoms with Crippen molar-refractivity contribution in [3.05, 3.63) is 71.0 Å². The van der Waals surface area contributed by atoms with Crippen molar-refractivity contribution in [2.45, 2.75) is 13.1 Å². The van der Waals surface area contributed by atoms with Gasteiger partial charge in [-0.3, -0.25) is 4.98 Å². The predicted octanol–water partition coefficient (Wildman–Crippen LogP) is 5.02. The second-order valence-corrected chi connectivity index (χ2v) is 8.64. The largest absolute Gasteiger partial charge is 0.497 e. The lowest BCUT2D eigenvalue weighted by Crippen LogP contribution is -2.24. The van der Waals surface area contributed by atoms with Crippen LogP contribution in [0.25, 0.3) is 11.0 Å². The van der Waals surface area contributed by atoms with Crippen LogP contribution in [0.4, 0.5) is 16.2 Å². The number of benzene rings is 2. The molecule has 0 saturated heterocycles. The highest BCUT2D eigenvalue weighted by Crippen LogP contribution is 2.35. The molecule has 0 atom stereocenters. The van der Waals surface area contributed by atoms with E-state index in [1.807, 2.05) is 36.4 Å².